The van der Waals surface area contributed by atoms with E-state index in [0.29, 0.717) is 5.75 Å². The molecule has 6 nitrogen and oxygen atoms in total. The normalized spacial score (nSPS) is 13.5. The van der Waals surface area contributed by atoms with Gasteiger partial charge in [-0.05, 0) is 59.4 Å². The van der Waals surface area contributed by atoms with Gasteiger partial charge in [0.25, 0.3) is 0 Å². The second kappa shape index (κ2) is 11.4. The van der Waals surface area contributed by atoms with Crippen LogP contribution in [0.2, 0.25) is 0 Å². The molecule has 1 unspecified atom stereocenters. The van der Waals surface area contributed by atoms with Gasteiger partial charge in [-0.15, -0.1) is 0 Å². The molecule has 2 atom stereocenters. The molecule has 0 heterocycles. The molecule has 0 aliphatic heterocycles. The van der Waals surface area contributed by atoms with Crippen molar-refractivity contribution in [1.29, 1.82) is 0 Å². The minimum Gasteiger partial charge on any atom is -0.497 e. The molecule has 0 saturated carbocycles. The molecule has 1 aliphatic rings. The Hall–Kier alpha value is -4.58. The molecular formula is C33H31NO5. The van der Waals surface area contributed by atoms with Crippen LogP contribution in [-0.4, -0.2) is 31.8 Å². The number of fused-ring (bicyclic) bond motifs is 3. The lowest BCUT2D eigenvalue weighted by Gasteiger charge is -2.22. The molecular weight excluding hydrogens is 490 g/mol. The topological polar surface area (TPSA) is 73.9 Å². The lowest BCUT2D eigenvalue weighted by atomic mass is 9.98. The molecule has 0 aromatic heterocycles. The number of rotatable bonds is 8. The van der Waals surface area contributed by atoms with Gasteiger partial charge in [-0.3, -0.25) is 0 Å². The zero-order valence-corrected chi connectivity index (χ0v) is 22.2. The van der Waals surface area contributed by atoms with E-state index in [4.69, 9.17) is 14.2 Å². The van der Waals surface area contributed by atoms with Crippen LogP contribution in [0.25, 0.3) is 11.1 Å². The monoisotopic (exact) mass is 521 g/mol. The highest BCUT2D eigenvalue weighted by atomic mass is 16.6. The SMILES string of the molecule is COc1ccc(C(OC(=O)[C@H](C)NC(=O)OCC2c3ccccc3-c3ccccc32)c2ccc(C)cc2)cc1. The quantitative estimate of drug-likeness (QED) is 0.266. The van der Waals surface area contributed by atoms with Gasteiger partial charge in [0.1, 0.15) is 18.4 Å². The van der Waals surface area contributed by atoms with E-state index in [1.54, 1.807) is 14.0 Å². The van der Waals surface area contributed by atoms with Crippen molar-refractivity contribution < 1.29 is 23.8 Å². The van der Waals surface area contributed by atoms with Crippen LogP contribution >= 0.6 is 0 Å². The molecule has 4 aromatic rings. The maximum absolute atomic E-state index is 13.1. The third-order valence-electron chi connectivity index (χ3n) is 7.06. The highest BCUT2D eigenvalue weighted by Gasteiger charge is 2.30. The van der Waals surface area contributed by atoms with Gasteiger partial charge in [-0.1, -0.05) is 90.5 Å². The van der Waals surface area contributed by atoms with Crippen LogP contribution in [0.15, 0.2) is 97.1 Å². The van der Waals surface area contributed by atoms with Crippen LogP contribution in [0.5, 0.6) is 5.75 Å². The maximum Gasteiger partial charge on any atom is 0.407 e. The van der Waals surface area contributed by atoms with E-state index in [0.717, 1.165) is 38.9 Å². The van der Waals surface area contributed by atoms with Gasteiger partial charge in [0.15, 0.2) is 6.10 Å². The van der Waals surface area contributed by atoms with Crippen molar-refractivity contribution in [2.75, 3.05) is 13.7 Å². The summed E-state index contributed by atoms with van der Waals surface area (Å²) in [6.45, 7) is 3.75. The molecule has 1 aliphatic carbocycles. The van der Waals surface area contributed by atoms with Crippen molar-refractivity contribution in [3.05, 3.63) is 125 Å². The first kappa shape index (κ1) is 26.0. The van der Waals surface area contributed by atoms with Crippen LogP contribution in [0.1, 0.15) is 46.8 Å². The summed E-state index contributed by atoms with van der Waals surface area (Å²) >= 11 is 0. The minimum atomic E-state index is -0.910. The van der Waals surface area contributed by atoms with Gasteiger partial charge in [-0.2, -0.15) is 0 Å². The van der Waals surface area contributed by atoms with E-state index in [-0.39, 0.29) is 12.5 Å². The van der Waals surface area contributed by atoms with Gasteiger partial charge >= 0.3 is 12.1 Å². The molecule has 5 rings (SSSR count). The summed E-state index contributed by atoms with van der Waals surface area (Å²) < 4.78 is 16.8. The fraction of sp³-hybridized carbons (Fsp3) is 0.212. The third-order valence-corrected chi connectivity index (χ3v) is 7.06. The highest BCUT2D eigenvalue weighted by molar-refractivity contribution is 5.82. The number of alkyl carbamates (subject to hydrolysis) is 1. The Morgan fingerprint density at radius 2 is 1.33 bits per heavy atom. The zero-order valence-electron chi connectivity index (χ0n) is 22.2. The number of methoxy groups -OCH3 is 1. The standard InChI is InChI=1S/C33H31NO5/c1-21-12-14-23(15-13-21)31(24-16-18-25(37-3)19-17-24)39-32(35)22(2)34-33(36)38-20-30-28-10-6-4-8-26(28)27-9-5-7-11-29(27)30/h4-19,22,30-31H,20H2,1-3H3,(H,34,36)/t22-,31?/m0/s1. The average Bonchev–Trinajstić information content (AvgIpc) is 3.29. The molecule has 0 radical (unpaired) electrons. The van der Waals surface area contributed by atoms with E-state index in [9.17, 15) is 9.59 Å². The van der Waals surface area contributed by atoms with Crippen LogP contribution in [0, 0.1) is 6.92 Å². The number of hydrogen-bond donors (Lipinski definition) is 1. The molecule has 0 spiro atoms. The number of amides is 1. The Labute approximate surface area is 228 Å². The van der Waals surface area contributed by atoms with Crippen LogP contribution in [-0.2, 0) is 14.3 Å². The van der Waals surface area contributed by atoms with Gasteiger partial charge in [-0.25, -0.2) is 9.59 Å². The molecule has 198 valence electrons. The van der Waals surface area contributed by atoms with Crippen molar-refractivity contribution in [1.82, 2.24) is 5.32 Å². The summed E-state index contributed by atoms with van der Waals surface area (Å²) in [5.74, 6) is 0.0781. The third kappa shape index (κ3) is 5.65. The second-order valence-electron chi connectivity index (χ2n) is 9.69. The lowest BCUT2D eigenvalue weighted by Crippen LogP contribution is -2.40. The van der Waals surface area contributed by atoms with Crippen molar-refractivity contribution in [2.45, 2.75) is 31.9 Å². The predicted molar refractivity (Wildman–Crippen MR) is 150 cm³/mol. The van der Waals surface area contributed by atoms with Crippen molar-refractivity contribution in [3.63, 3.8) is 0 Å². The number of aryl methyl sites for hydroxylation is 1. The Morgan fingerprint density at radius 3 is 1.90 bits per heavy atom. The number of ether oxygens (including phenoxy) is 3. The Bertz CT molecular complexity index is 1420. The van der Waals surface area contributed by atoms with Gasteiger partial charge in [0, 0.05) is 5.92 Å². The first-order chi connectivity index (χ1) is 18.9. The van der Waals surface area contributed by atoms with E-state index in [1.165, 1.54) is 0 Å². The Balaban J connectivity index is 1.24. The first-order valence-corrected chi connectivity index (χ1v) is 13.0. The highest BCUT2D eigenvalue weighted by Crippen LogP contribution is 2.44. The fourth-order valence-corrected chi connectivity index (χ4v) is 4.94. The molecule has 0 saturated heterocycles. The molecule has 0 fully saturated rings. The van der Waals surface area contributed by atoms with E-state index >= 15 is 0 Å². The van der Waals surface area contributed by atoms with Crippen molar-refractivity contribution in [2.24, 2.45) is 0 Å². The van der Waals surface area contributed by atoms with E-state index in [1.807, 2.05) is 79.7 Å². The lowest BCUT2D eigenvalue weighted by molar-refractivity contribution is -0.149. The number of carbonyl (C=O) groups is 2. The molecule has 4 aromatic carbocycles. The summed E-state index contributed by atoms with van der Waals surface area (Å²) in [4.78, 5) is 25.8. The van der Waals surface area contributed by atoms with Crippen molar-refractivity contribution in [3.8, 4) is 16.9 Å². The second-order valence-corrected chi connectivity index (χ2v) is 9.69. The number of hydrogen-bond acceptors (Lipinski definition) is 5. The smallest absolute Gasteiger partial charge is 0.407 e. The zero-order chi connectivity index (χ0) is 27.4. The Morgan fingerprint density at radius 1 is 0.795 bits per heavy atom. The molecule has 1 amide bonds. The van der Waals surface area contributed by atoms with Gasteiger partial charge in [0.2, 0.25) is 0 Å². The van der Waals surface area contributed by atoms with Crippen LogP contribution in [0.4, 0.5) is 4.79 Å². The summed E-state index contributed by atoms with van der Waals surface area (Å²) in [7, 11) is 1.60. The average molecular weight is 522 g/mol. The Kier molecular flexibility index (Phi) is 7.64. The largest absolute Gasteiger partial charge is 0.497 e. The molecule has 0 bridgehead atoms. The molecule has 6 heteroatoms. The fourth-order valence-electron chi connectivity index (χ4n) is 4.94. The van der Waals surface area contributed by atoms with E-state index in [2.05, 4.69) is 29.6 Å². The number of nitrogens with one attached hydrogen (secondary N) is 1. The predicted octanol–water partition coefficient (Wildman–Crippen LogP) is 6.56. The number of benzene rings is 4. The maximum atomic E-state index is 13.1. The van der Waals surface area contributed by atoms with Crippen LogP contribution in [0.3, 0.4) is 0 Å². The summed E-state index contributed by atoms with van der Waals surface area (Å²) in [6, 6.07) is 30.5. The van der Waals surface area contributed by atoms with Gasteiger partial charge in [0.05, 0.1) is 7.11 Å². The number of carbonyl (C=O) groups excluding carboxylic acids is 2. The molecule has 39 heavy (non-hydrogen) atoms. The first-order valence-electron chi connectivity index (χ1n) is 13.0. The summed E-state index contributed by atoms with van der Waals surface area (Å²) in [5, 5.41) is 2.63. The molecule has 1 N–H and O–H groups in total. The minimum absolute atomic E-state index is 0.0635. The number of esters is 1. The van der Waals surface area contributed by atoms with Gasteiger partial charge < -0.3 is 19.5 Å². The summed E-state index contributed by atoms with van der Waals surface area (Å²) in [5.41, 5.74) is 7.27. The van der Waals surface area contributed by atoms with Crippen LogP contribution < -0.4 is 10.1 Å². The van der Waals surface area contributed by atoms with Crippen molar-refractivity contribution >= 4 is 12.1 Å². The van der Waals surface area contributed by atoms with E-state index < -0.39 is 24.2 Å². The summed E-state index contributed by atoms with van der Waals surface area (Å²) in [6.07, 6.45) is -1.31.